The standard InChI is InChI=1S/C20H26BrN3O3/c1-3-5-7-15(8-6-4-2)22-13-17-18(25)23-20(27)24(19(17)26)16-11-9-14(21)10-12-16/h9-13,15,26H,3-8H2,1-2H3,(H,23,25,27). The van der Waals surface area contributed by atoms with E-state index in [1.165, 1.54) is 6.21 Å². The van der Waals surface area contributed by atoms with Gasteiger partial charge < -0.3 is 5.11 Å². The van der Waals surface area contributed by atoms with E-state index in [-0.39, 0.29) is 11.6 Å². The van der Waals surface area contributed by atoms with Gasteiger partial charge in [0.05, 0.1) is 5.69 Å². The number of hydrogen-bond donors (Lipinski definition) is 2. The van der Waals surface area contributed by atoms with Crippen LogP contribution in [0.4, 0.5) is 0 Å². The van der Waals surface area contributed by atoms with Crippen molar-refractivity contribution < 1.29 is 5.11 Å². The molecule has 1 heterocycles. The minimum absolute atomic E-state index is 0.00415. The van der Waals surface area contributed by atoms with Crippen LogP contribution in [0.5, 0.6) is 5.88 Å². The van der Waals surface area contributed by atoms with Gasteiger partial charge in [-0.05, 0) is 37.1 Å². The Hall–Kier alpha value is -2.15. The van der Waals surface area contributed by atoms with Crippen LogP contribution in [0.3, 0.4) is 0 Å². The highest BCUT2D eigenvalue weighted by atomic mass is 79.9. The molecule has 0 unspecified atom stereocenters. The number of benzene rings is 1. The predicted octanol–water partition coefficient (Wildman–Crippen LogP) is 4.16. The van der Waals surface area contributed by atoms with Crippen LogP contribution >= 0.6 is 15.9 Å². The van der Waals surface area contributed by atoms with E-state index < -0.39 is 17.1 Å². The highest BCUT2D eigenvalue weighted by Crippen LogP contribution is 2.19. The van der Waals surface area contributed by atoms with Gasteiger partial charge in [0.1, 0.15) is 5.56 Å². The lowest BCUT2D eigenvalue weighted by atomic mass is 10.0. The second-order valence-electron chi connectivity index (χ2n) is 6.52. The molecule has 6 nitrogen and oxygen atoms in total. The van der Waals surface area contributed by atoms with Crippen molar-refractivity contribution in [2.45, 2.75) is 58.4 Å². The zero-order valence-corrected chi connectivity index (χ0v) is 17.3. The van der Waals surface area contributed by atoms with Crippen molar-refractivity contribution in [2.24, 2.45) is 4.99 Å². The Morgan fingerprint density at radius 1 is 1.15 bits per heavy atom. The average Bonchev–Trinajstić information content (AvgIpc) is 2.64. The topological polar surface area (TPSA) is 87.4 Å². The normalized spacial score (nSPS) is 11.6. The molecule has 0 saturated carbocycles. The summed E-state index contributed by atoms with van der Waals surface area (Å²) in [5.41, 5.74) is -0.875. The van der Waals surface area contributed by atoms with Gasteiger partial charge in [-0.3, -0.25) is 14.8 Å². The average molecular weight is 436 g/mol. The molecule has 0 saturated heterocycles. The van der Waals surface area contributed by atoms with Crippen LogP contribution in [0, 0.1) is 0 Å². The van der Waals surface area contributed by atoms with E-state index >= 15 is 0 Å². The molecule has 146 valence electrons. The predicted molar refractivity (Wildman–Crippen MR) is 112 cm³/mol. The van der Waals surface area contributed by atoms with Crippen LogP contribution in [-0.4, -0.2) is 26.9 Å². The van der Waals surface area contributed by atoms with E-state index in [2.05, 4.69) is 39.8 Å². The summed E-state index contributed by atoms with van der Waals surface area (Å²) < 4.78 is 1.92. The Morgan fingerprint density at radius 2 is 1.74 bits per heavy atom. The first-order chi connectivity index (χ1) is 13.0. The SMILES string of the molecule is CCCCC(CCCC)N=Cc1c(O)n(-c2ccc(Br)cc2)c(=O)[nH]c1=O. The molecule has 0 atom stereocenters. The Balaban J connectivity index is 2.41. The molecule has 1 aromatic heterocycles. The van der Waals surface area contributed by atoms with E-state index in [1.807, 2.05) is 0 Å². The molecular weight excluding hydrogens is 410 g/mol. The highest BCUT2D eigenvalue weighted by molar-refractivity contribution is 9.10. The Morgan fingerprint density at radius 3 is 2.30 bits per heavy atom. The van der Waals surface area contributed by atoms with E-state index in [9.17, 15) is 14.7 Å². The van der Waals surface area contributed by atoms with Crippen LogP contribution in [0.15, 0.2) is 43.3 Å². The first-order valence-electron chi connectivity index (χ1n) is 9.35. The van der Waals surface area contributed by atoms with Gasteiger partial charge in [-0.15, -0.1) is 0 Å². The largest absolute Gasteiger partial charge is 0.493 e. The second-order valence-corrected chi connectivity index (χ2v) is 7.44. The molecule has 0 amide bonds. The summed E-state index contributed by atoms with van der Waals surface area (Å²) in [6.07, 6.45) is 7.57. The van der Waals surface area contributed by atoms with Crippen LogP contribution in [0.1, 0.15) is 57.9 Å². The molecule has 27 heavy (non-hydrogen) atoms. The number of halogens is 1. The fourth-order valence-electron chi connectivity index (χ4n) is 2.84. The van der Waals surface area contributed by atoms with Gasteiger partial charge in [0.2, 0.25) is 5.88 Å². The fourth-order valence-corrected chi connectivity index (χ4v) is 3.10. The first-order valence-corrected chi connectivity index (χ1v) is 10.1. The number of hydrogen-bond acceptors (Lipinski definition) is 4. The minimum atomic E-state index is -0.689. The van der Waals surface area contributed by atoms with Gasteiger partial charge in [0.25, 0.3) is 5.56 Å². The van der Waals surface area contributed by atoms with Crippen LogP contribution in [0.25, 0.3) is 5.69 Å². The van der Waals surface area contributed by atoms with Crippen molar-refractivity contribution in [1.82, 2.24) is 9.55 Å². The number of nitrogens with zero attached hydrogens (tertiary/aromatic N) is 2. The lowest BCUT2D eigenvalue weighted by Crippen LogP contribution is -2.31. The summed E-state index contributed by atoms with van der Waals surface area (Å²) in [6, 6.07) is 6.97. The van der Waals surface area contributed by atoms with Crippen molar-refractivity contribution >= 4 is 22.1 Å². The number of H-pyrrole nitrogens is 1. The van der Waals surface area contributed by atoms with E-state index in [1.54, 1.807) is 24.3 Å². The number of unbranched alkanes of at least 4 members (excludes halogenated alkanes) is 2. The molecule has 7 heteroatoms. The summed E-state index contributed by atoms with van der Waals surface area (Å²) in [4.78, 5) is 31.2. The first kappa shape index (κ1) is 21.2. The third kappa shape index (κ3) is 5.66. The third-order valence-electron chi connectivity index (χ3n) is 4.40. The monoisotopic (exact) mass is 435 g/mol. The number of aromatic amines is 1. The molecule has 2 aromatic rings. The molecule has 0 fully saturated rings. The maximum absolute atomic E-state index is 12.2. The second kappa shape index (κ2) is 10.3. The summed E-state index contributed by atoms with van der Waals surface area (Å²) >= 11 is 3.33. The van der Waals surface area contributed by atoms with Crippen molar-refractivity contribution in [3.63, 3.8) is 0 Å². The van der Waals surface area contributed by atoms with Crippen LogP contribution < -0.4 is 11.2 Å². The summed E-state index contributed by atoms with van der Waals surface area (Å²) in [7, 11) is 0. The zero-order valence-electron chi connectivity index (χ0n) is 15.7. The van der Waals surface area contributed by atoms with Crippen molar-refractivity contribution in [1.29, 1.82) is 0 Å². The third-order valence-corrected chi connectivity index (χ3v) is 4.93. The number of aromatic nitrogens is 2. The summed E-state index contributed by atoms with van der Waals surface area (Å²) in [6.45, 7) is 4.26. The number of nitrogens with one attached hydrogen (secondary N) is 1. The molecule has 0 aliphatic rings. The zero-order chi connectivity index (χ0) is 19.8. The van der Waals surface area contributed by atoms with Gasteiger partial charge in [-0.2, -0.15) is 0 Å². The lowest BCUT2D eigenvalue weighted by molar-refractivity contribution is 0.430. The molecule has 0 aliphatic carbocycles. The minimum Gasteiger partial charge on any atom is -0.493 e. The molecule has 1 aromatic carbocycles. The maximum Gasteiger partial charge on any atom is 0.335 e. The Kier molecular flexibility index (Phi) is 8.03. The molecule has 0 bridgehead atoms. The summed E-state index contributed by atoms with van der Waals surface area (Å²) in [5, 5.41) is 10.6. The number of aromatic hydroxyl groups is 1. The Labute approximate surface area is 167 Å². The van der Waals surface area contributed by atoms with Gasteiger partial charge in [0.15, 0.2) is 0 Å². The van der Waals surface area contributed by atoms with Crippen molar-refractivity contribution in [3.8, 4) is 11.6 Å². The van der Waals surface area contributed by atoms with Gasteiger partial charge in [-0.25, -0.2) is 9.36 Å². The van der Waals surface area contributed by atoms with Gasteiger partial charge in [-0.1, -0.05) is 55.5 Å². The van der Waals surface area contributed by atoms with Gasteiger partial charge in [0, 0.05) is 16.7 Å². The molecule has 0 spiro atoms. The number of rotatable bonds is 9. The van der Waals surface area contributed by atoms with Crippen LogP contribution in [0.2, 0.25) is 0 Å². The van der Waals surface area contributed by atoms with E-state index in [0.29, 0.717) is 5.69 Å². The van der Waals surface area contributed by atoms with Gasteiger partial charge >= 0.3 is 5.69 Å². The number of aliphatic imine (C=N–C) groups is 1. The highest BCUT2D eigenvalue weighted by Gasteiger charge is 2.15. The maximum atomic E-state index is 12.2. The molecule has 0 aliphatic heterocycles. The molecular formula is C20H26BrN3O3. The molecule has 2 N–H and O–H groups in total. The van der Waals surface area contributed by atoms with Crippen LogP contribution in [-0.2, 0) is 0 Å². The summed E-state index contributed by atoms with van der Waals surface area (Å²) in [5.74, 6) is -0.403. The van der Waals surface area contributed by atoms with Crippen molar-refractivity contribution in [3.05, 3.63) is 55.1 Å². The lowest BCUT2D eigenvalue weighted by Gasteiger charge is -2.12. The molecule has 0 radical (unpaired) electrons. The fraction of sp³-hybridized carbons (Fsp3) is 0.450. The quantitative estimate of drug-likeness (QED) is 0.579. The van der Waals surface area contributed by atoms with Crippen molar-refractivity contribution in [2.75, 3.05) is 0 Å². The molecule has 2 rings (SSSR count). The van der Waals surface area contributed by atoms with E-state index in [0.717, 1.165) is 47.6 Å². The smallest absolute Gasteiger partial charge is 0.335 e. The Bertz CT molecular complexity index is 877. The van der Waals surface area contributed by atoms with E-state index in [4.69, 9.17) is 0 Å².